The molecule has 6 heteroatoms. The average Bonchev–Trinajstić information content (AvgIpc) is 2.83. The van der Waals surface area contributed by atoms with Gasteiger partial charge in [-0.1, -0.05) is 13.8 Å². The molecule has 1 N–H and O–H groups in total. The molecular weight excluding hydrogens is 272 g/mol. The molecule has 0 radical (unpaired) electrons. The van der Waals surface area contributed by atoms with Crippen LogP contribution in [0.2, 0.25) is 0 Å². The number of hydrogen-bond donors (Lipinski definition) is 1. The number of aromatic nitrogens is 3. The van der Waals surface area contributed by atoms with E-state index in [1.165, 1.54) is 0 Å². The molecule has 0 aromatic carbocycles. The zero-order valence-corrected chi connectivity index (χ0v) is 13.1. The quantitative estimate of drug-likeness (QED) is 0.917. The van der Waals surface area contributed by atoms with E-state index in [1.54, 1.807) is 17.5 Å². The van der Waals surface area contributed by atoms with Gasteiger partial charge >= 0.3 is 0 Å². The Bertz CT molecular complexity index is 582. The zero-order chi connectivity index (χ0) is 14.7. The largest absolute Gasteiger partial charge is 0.390 e. The Morgan fingerprint density at radius 1 is 1.35 bits per heavy atom. The van der Waals surface area contributed by atoms with Crippen LogP contribution in [0.3, 0.4) is 0 Å². The molecule has 0 amide bonds. The van der Waals surface area contributed by atoms with Gasteiger partial charge in [-0.2, -0.15) is 0 Å². The maximum Gasteiger partial charge on any atom is 0.131 e. The Balaban J connectivity index is 2.22. The smallest absolute Gasteiger partial charge is 0.131 e. The molecule has 2 aromatic heterocycles. The first-order valence-electron chi connectivity index (χ1n) is 6.60. The number of anilines is 1. The Kier molecular flexibility index (Phi) is 4.67. The third-order valence-corrected chi connectivity index (χ3v) is 3.83. The van der Waals surface area contributed by atoms with Gasteiger partial charge in [-0.25, -0.2) is 15.0 Å². The third kappa shape index (κ3) is 3.32. The van der Waals surface area contributed by atoms with Gasteiger partial charge in [0.15, 0.2) is 0 Å². The van der Waals surface area contributed by atoms with Gasteiger partial charge in [-0.05, 0) is 6.92 Å². The first kappa shape index (κ1) is 14.9. The molecule has 20 heavy (non-hydrogen) atoms. The number of aryl methyl sites for hydroxylation is 1. The highest BCUT2D eigenvalue weighted by molar-refractivity contribution is 7.09. The van der Waals surface area contributed by atoms with Crippen LogP contribution in [-0.2, 0) is 13.2 Å². The third-order valence-electron chi connectivity index (χ3n) is 3.01. The Hall–Kier alpha value is -1.53. The molecule has 0 spiro atoms. The van der Waals surface area contributed by atoms with E-state index in [0.717, 1.165) is 22.2 Å². The standard InChI is InChI=1S/C14H20N4OS/c1-9(2)14-15-5-13(12(7-19)17-14)18(4)6-11-8-20-10(3)16-11/h5,8-9,19H,6-7H2,1-4H3. The molecule has 0 saturated carbocycles. The van der Waals surface area contributed by atoms with Gasteiger partial charge in [0.1, 0.15) is 5.82 Å². The van der Waals surface area contributed by atoms with Gasteiger partial charge in [0.2, 0.25) is 0 Å². The fraction of sp³-hybridized carbons (Fsp3) is 0.500. The summed E-state index contributed by atoms with van der Waals surface area (Å²) in [5.74, 6) is 1.01. The molecule has 0 aliphatic heterocycles. The van der Waals surface area contributed by atoms with Crippen LogP contribution in [0.25, 0.3) is 0 Å². The minimum atomic E-state index is -0.0853. The van der Waals surface area contributed by atoms with E-state index in [-0.39, 0.29) is 12.5 Å². The highest BCUT2D eigenvalue weighted by Crippen LogP contribution is 2.21. The fourth-order valence-electron chi connectivity index (χ4n) is 1.95. The second-order valence-corrected chi connectivity index (χ2v) is 6.15. The van der Waals surface area contributed by atoms with Crippen molar-refractivity contribution in [2.24, 2.45) is 0 Å². The fourth-order valence-corrected chi connectivity index (χ4v) is 2.55. The van der Waals surface area contributed by atoms with E-state index in [4.69, 9.17) is 0 Å². The van der Waals surface area contributed by atoms with Crippen molar-refractivity contribution in [2.45, 2.75) is 39.8 Å². The predicted molar refractivity (Wildman–Crippen MR) is 81.0 cm³/mol. The van der Waals surface area contributed by atoms with E-state index in [0.29, 0.717) is 12.2 Å². The summed E-state index contributed by atoms with van der Waals surface area (Å²) < 4.78 is 0. The van der Waals surface area contributed by atoms with Crippen molar-refractivity contribution >= 4 is 17.0 Å². The topological polar surface area (TPSA) is 62.1 Å². The van der Waals surface area contributed by atoms with Crippen molar-refractivity contribution in [1.82, 2.24) is 15.0 Å². The number of aliphatic hydroxyl groups excluding tert-OH is 1. The molecule has 2 heterocycles. The van der Waals surface area contributed by atoms with Crippen molar-refractivity contribution in [3.63, 3.8) is 0 Å². The summed E-state index contributed by atoms with van der Waals surface area (Å²) in [6.07, 6.45) is 1.78. The lowest BCUT2D eigenvalue weighted by Gasteiger charge is -2.20. The van der Waals surface area contributed by atoms with Crippen molar-refractivity contribution < 1.29 is 5.11 Å². The summed E-state index contributed by atoms with van der Waals surface area (Å²) >= 11 is 1.64. The van der Waals surface area contributed by atoms with Crippen molar-refractivity contribution in [3.05, 3.63) is 33.8 Å². The summed E-state index contributed by atoms with van der Waals surface area (Å²) in [6, 6.07) is 0. The van der Waals surface area contributed by atoms with Crippen LogP contribution in [0.5, 0.6) is 0 Å². The summed E-state index contributed by atoms with van der Waals surface area (Å²) in [4.78, 5) is 15.3. The average molecular weight is 292 g/mol. The summed E-state index contributed by atoms with van der Waals surface area (Å²) in [5, 5.41) is 12.6. The van der Waals surface area contributed by atoms with Gasteiger partial charge in [0, 0.05) is 18.3 Å². The van der Waals surface area contributed by atoms with Crippen molar-refractivity contribution in [1.29, 1.82) is 0 Å². The van der Waals surface area contributed by atoms with Crippen LogP contribution in [0.15, 0.2) is 11.6 Å². The van der Waals surface area contributed by atoms with Gasteiger partial charge < -0.3 is 10.0 Å². The molecule has 0 atom stereocenters. The van der Waals surface area contributed by atoms with Gasteiger partial charge in [0.05, 0.1) is 41.4 Å². The first-order chi connectivity index (χ1) is 9.51. The molecule has 0 bridgehead atoms. The molecule has 5 nitrogen and oxygen atoms in total. The van der Waals surface area contributed by atoms with Gasteiger partial charge in [-0.15, -0.1) is 11.3 Å². The highest BCUT2D eigenvalue weighted by Gasteiger charge is 2.13. The Labute approximate surface area is 123 Å². The molecule has 2 rings (SSSR count). The first-order valence-corrected chi connectivity index (χ1v) is 7.48. The Morgan fingerprint density at radius 3 is 2.65 bits per heavy atom. The van der Waals surface area contributed by atoms with E-state index in [9.17, 15) is 5.11 Å². The minimum Gasteiger partial charge on any atom is -0.390 e. The summed E-state index contributed by atoms with van der Waals surface area (Å²) in [7, 11) is 1.96. The lowest BCUT2D eigenvalue weighted by molar-refractivity contribution is 0.276. The van der Waals surface area contributed by atoms with E-state index in [1.807, 2.05) is 38.1 Å². The normalized spacial score (nSPS) is 11.1. The number of rotatable bonds is 5. The molecule has 0 aliphatic carbocycles. The highest BCUT2D eigenvalue weighted by atomic mass is 32.1. The molecule has 0 saturated heterocycles. The molecule has 108 valence electrons. The molecule has 0 fully saturated rings. The van der Waals surface area contributed by atoms with Crippen molar-refractivity contribution in [3.8, 4) is 0 Å². The van der Waals surface area contributed by atoms with E-state index >= 15 is 0 Å². The maximum atomic E-state index is 9.51. The van der Waals surface area contributed by atoms with Crippen LogP contribution in [0.1, 0.15) is 42.0 Å². The molecule has 2 aromatic rings. The SMILES string of the molecule is Cc1nc(CN(C)c2cnc(C(C)C)nc2CO)cs1. The second-order valence-electron chi connectivity index (χ2n) is 5.09. The second kappa shape index (κ2) is 6.28. The minimum absolute atomic E-state index is 0.0853. The molecular formula is C14H20N4OS. The molecule has 0 unspecified atom stereocenters. The summed E-state index contributed by atoms with van der Waals surface area (Å²) in [5.41, 5.74) is 2.53. The van der Waals surface area contributed by atoms with Crippen LogP contribution in [0.4, 0.5) is 5.69 Å². The number of thiazole rings is 1. The zero-order valence-electron chi connectivity index (χ0n) is 12.3. The van der Waals surface area contributed by atoms with Crippen molar-refractivity contribution in [2.75, 3.05) is 11.9 Å². The van der Waals surface area contributed by atoms with E-state index in [2.05, 4.69) is 15.0 Å². The number of aliphatic hydroxyl groups is 1. The monoisotopic (exact) mass is 292 g/mol. The van der Waals surface area contributed by atoms with Crippen LogP contribution >= 0.6 is 11.3 Å². The Morgan fingerprint density at radius 2 is 2.10 bits per heavy atom. The lowest BCUT2D eigenvalue weighted by atomic mass is 10.2. The molecule has 0 aliphatic rings. The van der Waals surface area contributed by atoms with Crippen LogP contribution in [0, 0.1) is 6.92 Å². The summed E-state index contributed by atoms with van der Waals surface area (Å²) in [6.45, 7) is 6.67. The predicted octanol–water partition coefficient (Wildman–Crippen LogP) is 2.49. The van der Waals surface area contributed by atoms with Gasteiger partial charge in [-0.3, -0.25) is 0 Å². The number of nitrogens with zero attached hydrogens (tertiary/aromatic N) is 4. The lowest BCUT2D eigenvalue weighted by Crippen LogP contribution is -2.20. The van der Waals surface area contributed by atoms with Crippen LogP contribution in [-0.4, -0.2) is 27.1 Å². The maximum absolute atomic E-state index is 9.51. The van der Waals surface area contributed by atoms with E-state index < -0.39 is 0 Å². The van der Waals surface area contributed by atoms with Gasteiger partial charge in [0.25, 0.3) is 0 Å². The van der Waals surface area contributed by atoms with Crippen LogP contribution < -0.4 is 4.90 Å². The number of hydrogen-bond acceptors (Lipinski definition) is 6.